The number of ether oxygens (including phenoxy) is 1. The lowest BCUT2D eigenvalue weighted by Gasteiger charge is -2.38. The Bertz CT molecular complexity index is 236. The highest BCUT2D eigenvalue weighted by Gasteiger charge is 2.49. The van der Waals surface area contributed by atoms with Gasteiger partial charge in [-0.1, -0.05) is 0 Å². The molecule has 0 aliphatic carbocycles. The zero-order valence-corrected chi connectivity index (χ0v) is 7.62. The zero-order chi connectivity index (χ0) is 9.95. The van der Waals surface area contributed by atoms with Gasteiger partial charge in [0.2, 0.25) is 0 Å². The van der Waals surface area contributed by atoms with Crippen LogP contribution >= 0.6 is 0 Å². The summed E-state index contributed by atoms with van der Waals surface area (Å²) in [5.41, 5.74) is -2.67. The van der Waals surface area contributed by atoms with E-state index in [-0.39, 0.29) is 6.61 Å². The van der Waals surface area contributed by atoms with Crippen molar-refractivity contribution in [3.63, 3.8) is 0 Å². The number of carbonyl (C=O) groups excluding carboxylic acids is 1. The van der Waals surface area contributed by atoms with Crippen LogP contribution in [-0.2, 0) is 9.53 Å². The molecule has 1 saturated heterocycles. The van der Waals surface area contributed by atoms with Crippen LogP contribution in [-0.4, -0.2) is 30.2 Å². The molecule has 0 aromatic carbocycles. The largest absolute Gasteiger partial charge is 0.381 e. The Kier molecular flexibility index (Phi) is 2.69. The first kappa shape index (κ1) is 10.2. The van der Waals surface area contributed by atoms with Crippen molar-refractivity contribution in [3.05, 3.63) is 0 Å². The molecule has 1 heterocycles. The highest BCUT2D eigenvalue weighted by atomic mass is 16.5. The Hall–Kier alpha value is -0.920. The highest BCUT2D eigenvalue weighted by molar-refractivity contribution is 5.64. The third kappa shape index (κ3) is 1.58. The summed E-state index contributed by atoms with van der Waals surface area (Å²) in [7, 11) is 0. The van der Waals surface area contributed by atoms with Crippen molar-refractivity contribution < 1.29 is 14.6 Å². The Morgan fingerprint density at radius 1 is 1.77 bits per heavy atom. The topological polar surface area (TPSA) is 70.3 Å². The highest BCUT2D eigenvalue weighted by Crippen LogP contribution is 2.37. The number of hydrogen-bond acceptors (Lipinski definition) is 4. The van der Waals surface area contributed by atoms with E-state index in [1.165, 1.54) is 6.92 Å². The van der Waals surface area contributed by atoms with Gasteiger partial charge in [0.25, 0.3) is 0 Å². The molecule has 72 valence electrons. The van der Waals surface area contributed by atoms with Gasteiger partial charge in [-0.3, -0.25) is 0 Å². The fourth-order valence-corrected chi connectivity index (χ4v) is 1.51. The molecule has 1 fully saturated rings. The van der Waals surface area contributed by atoms with Crippen molar-refractivity contribution in [3.8, 4) is 6.07 Å². The molecule has 1 aliphatic rings. The molecular formula is C9H13NO3. The molecule has 0 saturated carbocycles. The third-order valence-electron chi connectivity index (χ3n) is 2.65. The predicted octanol–water partition coefficient (Wildman–Crippen LogP) is 0.257. The molecule has 2 unspecified atom stereocenters. The van der Waals surface area contributed by atoms with E-state index in [1.54, 1.807) is 0 Å². The second kappa shape index (κ2) is 3.44. The number of hydrogen-bond donors (Lipinski definition) is 1. The quantitative estimate of drug-likeness (QED) is 0.623. The Morgan fingerprint density at radius 3 is 2.85 bits per heavy atom. The SMILES string of the molecule is CC(O)(C=O)C1(C#N)CCCOC1. The maximum Gasteiger partial charge on any atom is 0.153 e. The van der Waals surface area contributed by atoms with Crippen molar-refractivity contribution in [2.24, 2.45) is 5.41 Å². The molecule has 0 bridgehead atoms. The minimum atomic E-state index is -1.61. The fourth-order valence-electron chi connectivity index (χ4n) is 1.51. The van der Waals surface area contributed by atoms with Gasteiger partial charge in [-0.25, -0.2) is 0 Å². The minimum absolute atomic E-state index is 0.134. The van der Waals surface area contributed by atoms with Crippen molar-refractivity contribution in [1.29, 1.82) is 5.26 Å². The summed E-state index contributed by atoms with van der Waals surface area (Å²) in [5.74, 6) is 0. The van der Waals surface area contributed by atoms with Gasteiger partial charge < -0.3 is 14.6 Å². The minimum Gasteiger partial charge on any atom is -0.381 e. The van der Waals surface area contributed by atoms with E-state index in [1.807, 2.05) is 6.07 Å². The number of aldehydes is 1. The summed E-state index contributed by atoms with van der Waals surface area (Å²) in [6.45, 7) is 2.09. The smallest absolute Gasteiger partial charge is 0.153 e. The number of nitriles is 1. The van der Waals surface area contributed by atoms with E-state index in [0.29, 0.717) is 25.7 Å². The van der Waals surface area contributed by atoms with Gasteiger partial charge in [-0.2, -0.15) is 5.26 Å². The zero-order valence-electron chi connectivity index (χ0n) is 7.62. The first-order chi connectivity index (χ1) is 6.08. The summed E-state index contributed by atoms with van der Waals surface area (Å²) in [5, 5.41) is 18.7. The van der Waals surface area contributed by atoms with Crippen LogP contribution in [0.5, 0.6) is 0 Å². The van der Waals surface area contributed by atoms with Crippen molar-refractivity contribution in [1.82, 2.24) is 0 Å². The van der Waals surface area contributed by atoms with Crippen LogP contribution in [0.15, 0.2) is 0 Å². The molecule has 4 nitrogen and oxygen atoms in total. The van der Waals surface area contributed by atoms with Crippen LogP contribution in [0, 0.1) is 16.7 Å². The average molecular weight is 183 g/mol. The van der Waals surface area contributed by atoms with E-state index in [4.69, 9.17) is 10.00 Å². The number of rotatable bonds is 2. The molecule has 0 aromatic heterocycles. The number of carbonyl (C=O) groups is 1. The first-order valence-corrected chi connectivity index (χ1v) is 4.26. The molecule has 1 aliphatic heterocycles. The maximum atomic E-state index is 10.6. The van der Waals surface area contributed by atoms with Gasteiger partial charge in [0, 0.05) is 6.61 Å². The predicted molar refractivity (Wildman–Crippen MR) is 44.8 cm³/mol. The van der Waals surface area contributed by atoms with Gasteiger partial charge in [-0.05, 0) is 19.8 Å². The monoisotopic (exact) mass is 183 g/mol. The van der Waals surface area contributed by atoms with Crippen LogP contribution in [0.4, 0.5) is 0 Å². The van der Waals surface area contributed by atoms with Crippen LogP contribution in [0.2, 0.25) is 0 Å². The van der Waals surface area contributed by atoms with Crippen LogP contribution in [0.1, 0.15) is 19.8 Å². The van der Waals surface area contributed by atoms with E-state index in [0.717, 1.165) is 0 Å². The molecule has 13 heavy (non-hydrogen) atoms. The van der Waals surface area contributed by atoms with Gasteiger partial charge in [0.1, 0.15) is 11.0 Å². The molecule has 0 aromatic rings. The Labute approximate surface area is 77.1 Å². The van der Waals surface area contributed by atoms with Crippen molar-refractivity contribution in [2.45, 2.75) is 25.4 Å². The lowest BCUT2D eigenvalue weighted by Crippen LogP contribution is -2.51. The van der Waals surface area contributed by atoms with E-state index < -0.39 is 11.0 Å². The second-order valence-corrected chi connectivity index (χ2v) is 3.62. The normalized spacial score (nSPS) is 33.0. The van der Waals surface area contributed by atoms with Crippen molar-refractivity contribution >= 4 is 6.29 Å². The van der Waals surface area contributed by atoms with E-state index in [2.05, 4.69) is 0 Å². The first-order valence-electron chi connectivity index (χ1n) is 4.26. The number of aliphatic hydroxyl groups is 1. The molecule has 4 heteroatoms. The van der Waals surface area contributed by atoms with E-state index >= 15 is 0 Å². The molecule has 0 spiro atoms. The van der Waals surface area contributed by atoms with E-state index in [9.17, 15) is 9.90 Å². The van der Waals surface area contributed by atoms with Crippen LogP contribution < -0.4 is 0 Å². The van der Waals surface area contributed by atoms with Crippen LogP contribution in [0.3, 0.4) is 0 Å². The second-order valence-electron chi connectivity index (χ2n) is 3.62. The fraction of sp³-hybridized carbons (Fsp3) is 0.778. The molecule has 1 rings (SSSR count). The standard InChI is InChI=1S/C9H13NO3/c1-8(12,6-11)9(5-10)3-2-4-13-7-9/h6,12H,2-4,7H2,1H3. The lowest BCUT2D eigenvalue weighted by molar-refractivity contribution is -0.143. The lowest BCUT2D eigenvalue weighted by atomic mass is 9.71. The summed E-state index contributed by atoms with van der Waals surface area (Å²) in [6, 6.07) is 2.00. The number of nitrogens with zero attached hydrogens (tertiary/aromatic N) is 1. The average Bonchev–Trinajstić information content (AvgIpc) is 2.18. The molecule has 2 atom stereocenters. The summed E-state index contributed by atoms with van der Waals surface area (Å²) < 4.78 is 5.12. The van der Waals surface area contributed by atoms with Gasteiger partial charge >= 0.3 is 0 Å². The Morgan fingerprint density at radius 2 is 2.46 bits per heavy atom. The maximum absolute atomic E-state index is 10.6. The van der Waals surface area contributed by atoms with Gasteiger partial charge in [-0.15, -0.1) is 0 Å². The van der Waals surface area contributed by atoms with Gasteiger partial charge in [0.15, 0.2) is 6.29 Å². The molecule has 1 N–H and O–H groups in total. The summed E-state index contributed by atoms with van der Waals surface area (Å²) >= 11 is 0. The van der Waals surface area contributed by atoms with Crippen LogP contribution in [0.25, 0.3) is 0 Å². The molecule has 0 radical (unpaired) electrons. The van der Waals surface area contributed by atoms with Gasteiger partial charge in [0.05, 0.1) is 12.7 Å². The molecule has 0 amide bonds. The Balaban J connectivity index is 2.92. The summed E-state index contributed by atoms with van der Waals surface area (Å²) in [6.07, 6.45) is 1.64. The molecular weight excluding hydrogens is 170 g/mol. The third-order valence-corrected chi connectivity index (χ3v) is 2.65. The van der Waals surface area contributed by atoms with Crippen molar-refractivity contribution in [2.75, 3.05) is 13.2 Å². The summed E-state index contributed by atoms with van der Waals surface area (Å²) in [4.78, 5) is 10.6.